The molecule has 7 heteroatoms. The molecule has 7 nitrogen and oxygen atoms in total. The Bertz CT molecular complexity index is 653. The quantitative estimate of drug-likeness (QED) is 0.719. The highest BCUT2D eigenvalue weighted by Crippen LogP contribution is 2.21. The third-order valence-electron chi connectivity index (χ3n) is 5.25. The molecule has 1 aromatic rings. The third-order valence-corrected chi connectivity index (χ3v) is 5.25. The Kier molecular flexibility index (Phi) is 7.83. The lowest BCUT2D eigenvalue weighted by atomic mass is 10.00. The number of hydrogen-bond acceptors (Lipinski definition) is 4. The SMILES string of the molecule is Cc1nn(CC(C)C)c(C)c1CC(=O)N1CCCCC1CNC(=O)CCN. The van der Waals surface area contributed by atoms with E-state index in [1.807, 2.05) is 23.4 Å². The molecule has 2 amide bonds. The number of hydrogen-bond donors (Lipinski definition) is 2. The van der Waals surface area contributed by atoms with Crippen LogP contribution in [-0.4, -0.2) is 52.2 Å². The Hall–Kier alpha value is -1.89. The first-order valence-electron chi connectivity index (χ1n) is 10.1. The van der Waals surface area contributed by atoms with Crippen molar-refractivity contribution in [3.63, 3.8) is 0 Å². The number of likely N-dealkylation sites (tertiary alicyclic amines) is 1. The van der Waals surface area contributed by atoms with E-state index in [1.165, 1.54) is 0 Å². The number of carbonyl (C=O) groups is 2. The Morgan fingerprint density at radius 3 is 2.70 bits per heavy atom. The van der Waals surface area contributed by atoms with E-state index in [1.54, 1.807) is 0 Å². The molecule has 0 aliphatic carbocycles. The summed E-state index contributed by atoms with van der Waals surface area (Å²) >= 11 is 0. The molecule has 2 heterocycles. The number of aryl methyl sites for hydroxylation is 1. The van der Waals surface area contributed by atoms with Gasteiger partial charge >= 0.3 is 0 Å². The molecule has 0 spiro atoms. The number of nitrogens with one attached hydrogen (secondary N) is 1. The van der Waals surface area contributed by atoms with Gasteiger partial charge in [-0.2, -0.15) is 5.10 Å². The fraction of sp³-hybridized carbons (Fsp3) is 0.750. The van der Waals surface area contributed by atoms with E-state index in [0.29, 0.717) is 31.8 Å². The minimum atomic E-state index is -0.0443. The fourth-order valence-electron chi connectivity index (χ4n) is 3.76. The molecule has 1 fully saturated rings. The number of amides is 2. The van der Waals surface area contributed by atoms with E-state index in [9.17, 15) is 9.59 Å². The van der Waals surface area contributed by atoms with Gasteiger partial charge in [0.25, 0.3) is 0 Å². The van der Waals surface area contributed by atoms with Gasteiger partial charge in [-0.05, 0) is 39.0 Å². The van der Waals surface area contributed by atoms with Crippen molar-refractivity contribution in [2.45, 2.75) is 72.4 Å². The monoisotopic (exact) mass is 377 g/mol. The largest absolute Gasteiger partial charge is 0.354 e. The van der Waals surface area contributed by atoms with Gasteiger partial charge in [0.15, 0.2) is 0 Å². The first-order chi connectivity index (χ1) is 12.8. The van der Waals surface area contributed by atoms with Gasteiger partial charge in [0.05, 0.1) is 12.1 Å². The number of nitrogens with two attached hydrogens (primary N) is 1. The van der Waals surface area contributed by atoms with Gasteiger partial charge in [0.2, 0.25) is 11.8 Å². The first-order valence-corrected chi connectivity index (χ1v) is 10.1. The molecule has 0 saturated carbocycles. The second-order valence-corrected chi connectivity index (χ2v) is 7.98. The summed E-state index contributed by atoms with van der Waals surface area (Å²) in [6.45, 7) is 10.8. The number of piperidine rings is 1. The average Bonchev–Trinajstić information content (AvgIpc) is 2.87. The summed E-state index contributed by atoms with van der Waals surface area (Å²) in [6.07, 6.45) is 3.74. The van der Waals surface area contributed by atoms with Crippen molar-refractivity contribution in [1.29, 1.82) is 0 Å². The Morgan fingerprint density at radius 2 is 2.04 bits per heavy atom. The number of carbonyl (C=O) groups excluding carboxylic acids is 2. The van der Waals surface area contributed by atoms with Crippen LogP contribution in [0.3, 0.4) is 0 Å². The molecule has 1 aromatic heterocycles. The second-order valence-electron chi connectivity index (χ2n) is 7.98. The maximum absolute atomic E-state index is 13.0. The Morgan fingerprint density at radius 1 is 1.30 bits per heavy atom. The summed E-state index contributed by atoms with van der Waals surface area (Å²) in [5.74, 6) is 0.593. The van der Waals surface area contributed by atoms with Crippen LogP contribution in [0.25, 0.3) is 0 Å². The van der Waals surface area contributed by atoms with E-state index in [-0.39, 0.29) is 17.9 Å². The van der Waals surface area contributed by atoms with Crippen LogP contribution in [0.4, 0.5) is 0 Å². The zero-order valence-electron chi connectivity index (χ0n) is 17.3. The summed E-state index contributed by atoms with van der Waals surface area (Å²) in [4.78, 5) is 26.7. The molecule has 1 unspecified atom stereocenters. The van der Waals surface area contributed by atoms with Crippen LogP contribution in [0.1, 0.15) is 56.5 Å². The lowest BCUT2D eigenvalue weighted by Crippen LogP contribution is -2.50. The molecule has 0 radical (unpaired) electrons. The van der Waals surface area contributed by atoms with E-state index in [4.69, 9.17) is 5.73 Å². The Balaban J connectivity index is 2.04. The molecule has 3 N–H and O–H groups in total. The van der Waals surface area contributed by atoms with Crippen LogP contribution >= 0.6 is 0 Å². The zero-order valence-corrected chi connectivity index (χ0v) is 17.3. The summed E-state index contributed by atoms with van der Waals surface area (Å²) in [5, 5.41) is 7.55. The standard InChI is InChI=1S/C20H35N5O2/c1-14(2)13-25-16(4)18(15(3)23-25)11-20(27)24-10-6-5-7-17(24)12-22-19(26)8-9-21/h14,17H,5-13,21H2,1-4H3,(H,22,26). The van der Waals surface area contributed by atoms with E-state index < -0.39 is 0 Å². The van der Waals surface area contributed by atoms with Crippen LogP contribution in [0.5, 0.6) is 0 Å². The first kappa shape index (κ1) is 21.4. The minimum Gasteiger partial charge on any atom is -0.354 e. The van der Waals surface area contributed by atoms with Crippen molar-refractivity contribution in [3.05, 3.63) is 17.0 Å². The van der Waals surface area contributed by atoms with Crippen LogP contribution in [0.2, 0.25) is 0 Å². The summed E-state index contributed by atoms with van der Waals surface area (Å²) in [6, 6.07) is 0.0688. The molecule has 0 aromatic carbocycles. The van der Waals surface area contributed by atoms with Crippen molar-refractivity contribution >= 4 is 11.8 Å². The fourth-order valence-corrected chi connectivity index (χ4v) is 3.76. The highest BCUT2D eigenvalue weighted by Gasteiger charge is 2.28. The predicted molar refractivity (Wildman–Crippen MR) is 106 cm³/mol. The molecular weight excluding hydrogens is 342 g/mol. The van der Waals surface area contributed by atoms with Crippen LogP contribution in [0.15, 0.2) is 0 Å². The molecule has 1 atom stereocenters. The smallest absolute Gasteiger partial charge is 0.227 e. The molecule has 1 aliphatic rings. The number of aromatic nitrogens is 2. The molecule has 1 saturated heterocycles. The van der Waals surface area contributed by atoms with Gasteiger partial charge in [0.1, 0.15) is 0 Å². The minimum absolute atomic E-state index is 0.0443. The molecule has 0 bridgehead atoms. The highest BCUT2D eigenvalue weighted by molar-refractivity contribution is 5.80. The van der Waals surface area contributed by atoms with Crippen LogP contribution in [-0.2, 0) is 22.6 Å². The van der Waals surface area contributed by atoms with E-state index in [0.717, 1.165) is 49.3 Å². The van der Waals surface area contributed by atoms with Gasteiger partial charge < -0.3 is 16.0 Å². The van der Waals surface area contributed by atoms with Gasteiger partial charge in [-0.1, -0.05) is 13.8 Å². The van der Waals surface area contributed by atoms with E-state index >= 15 is 0 Å². The number of nitrogens with zero attached hydrogens (tertiary/aromatic N) is 3. The third kappa shape index (κ3) is 5.79. The molecule has 27 heavy (non-hydrogen) atoms. The van der Waals surface area contributed by atoms with Gasteiger partial charge in [-0.15, -0.1) is 0 Å². The summed E-state index contributed by atoms with van der Waals surface area (Å²) in [7, 11) is 0. The van der Waals surface area contributed by atoms with Crippen LogP contribution in [0, 0.1) is 19.8 Å². The Labute approximate surface area is 162 Å². The lowest BCUT2D eigenvalue weighted by molar-refractivity contribution is -0.134. The number of rotatable bonds is 8. The van der Waals surface area contributed by atoms with Crippen molar-refractivity contribution in [3.8, 4) is 0 Å². The topological polar surface area (TPSA) is 93.2 Å². The second kappa shape index (κ2) is 9.88. The highest BCUT2D eigenvalue weighted by atomic mass is 16.2. The van der Waals surface area contributed by atoms with Crippen molar-refractivity contribution < 1.29 is 9.59 Å². The summed E-state index contributed by atoms with van der Waals surface area (Å²) in [5.41, 5.74) is 8.48. The van der Waals surface area contributed by atoms with Gasteiger partial charge in [-0.3, -0.25) is 14.3 Å². The van der Waals surface area contributed by atoms with Gasteiger partial charge in [-0.25, -0.2) is 0 Å². The molecule has 152 valence electrons. The summed E-state index contributed by atoms with van der Waals surface area (Å²) < 4.78 is 2.02. The van der Waals surface area contributed by atoms with Crippen molar-refractivity contribution in [2.75, 3.05) is 19.6 Å². The predicted octanol–water partition coefficient (Wildman–Crippen LogP) is 1.54. The lowest BCUT2D eigenvalue weighted by Gasteiger charge is -2.36. The molecule has 2 rings (SSSR count). The average molecular weight is 378 g/mol. The zero-order chi connectivity index (χ0) is 20.0. The normalized spacial score (nSPS) is 17.4. The van der Waals surface area contributed by atoms with Crippen molar-refractivity contribution in [2.24, 2.45) is 11.7 Å². The maximum atomic E-state index is 13.0. The molecular formula is C20H35N5O2. The van der Waals surface area contributed by atoms with Gasteiger partial charge in [0, 0.05) is 49.9 Å². The van der Waals surface area contributed by atoms with E-state index in [2.05, 4.69) is 24.3 Å². The van der Waals surface area contributed by atoms with Crippen molar-refractivity contribution in [1.82, 2.24) is 20.0 Å². The maximum Gasteiger partial charge on any atom is 0.227 e. The van der Waals surface area contributed by atoms with Crippen LogP contribution < -0.4 is 11.1 Å². The molecule has 1 aliphatic heterocycles.